The Bertz CT molecular complexity index is 1140. The number of imide groups is 1. The average molecular weight is 444 g/mol. The van der Waals surface area contributed by atoms with Gasteiger partial charge in [-0.15, -0.1) is 0 Å². The lowest BCUT2D eigenvalue weighted by Gasteiger charge is -2.17. The molecular formula is C26H24N2O5. The van der Waals surface area contributed by atoms with Crippen molar-refractivity contribution in [2.75, 3.05) is 16.8 Å². The molecule has 33 heavy (non-hydrogen) atoms. The van der Waals surface area contributed by atoms with Gasteiger partial charge in [-0.3, -0.25) is 19.3 Å². The highest BCUT2D eigenvalue weighted by molar-refractivity contribution is 6.22. The van der Waals surface area contributed by atoms with Crippen LogP contribution in [-0.4, -0.2) is 30.3 Å². The van der Waals surface area contributed by atoms with Gasteiger partial charge >= 0.3 is 5.97 Å². The van der Waals surface area contributed by atoms with Crippen LogP contribution in [0.25, 0.3) is 0 Å². The number of fused-ring (bicyclic) bond motifs is 5. The summed E-state index contributed by atoms with van der Waals surface area (Å²) in [6.07, 6.45) is 5.75. The summed E-state index contributed by atoms with van der Waals surface area (Å²) < 4.78 is 5.13. The van der Waals surface area contributed by atoms with Crippen molar-refractivity contribution in [3.63, 3.8) is 0 Å². The summed E-state index contributed by atoms with van der Waals surface area (Å²) in [5, 5.41) is 2.75. The fourth-order valence-electron chi connectivity index (χ4n) is 5.25. The van der Waals surface area contributed by atoms with Crippen molar-refractivity contribution in [1.82, 2.24) is 0 Å². The minimum atomic E-state index is -0.654. The first kappa shape index (κ1) is 21.1. The van der Waals surface area contributed by atoms with Crippen LogP contribution in [0.4, 0.5) is 11.4 Å². The van der Waals surface area contributed by atoms with Crippen LogP contribution in [0.1, 0.15) is 29.3 Å². The molecule has 4 atom stereocenters. The zero-order chi connectivity index (χ0) is 23.1. The maximum atomic E-state index is 12.9. The standard InChI is InChI=1S/C26H24N2O5/c1-2-15-5-3-4-6-20(15)27-21(29)14-33-26(32)16-9-11-19(12-10-16)28-24(30)22-17-7-8-18(13-17)23(22)25(28)31/h3-12,17-18,22-23H,2,13-14H2,1H3,(H,27,29)/t17-,18-,22-,23-/m0/s1. The van der Waals surface area contributed by atoms with E-state index in [1.807, 2.05) is 25.1 Å². The number of para-hydroxylation sites is 1. The first-order valence-corrected chi connectivity index (χ1v) is 11.2. The van der Waals surface area contributed by atoms with Crippen molar-refractivity contribution in [1.29, 1.82) is 0 Å². The van der Waals surface area contributed by atoms with Gasteiger partial charge in [0.2, 0.25) is 11.8 Å². The molecule has 3 amide bonds. The Hall–Kier alpha value is -3.74. The number of amides is 3. The second kappa shape index (κ2) is 8.31. The van der Waals surface area contributed by atoms with Crippen molar-refractivity contribution in [3.8, 4) is 0 Å². The Balaban J connectivity index is 1.20. The highest BCUT2D eigenvalue weighted by atomic mass is 16.5. The molecule has 0 unspecified atom stereocenters. The van der Waals surface area contributed by atoms with Crippen molar-refractivity contribution in [3.05, 3.63) is 71.8 Å². The van der Waals surface area contributed by atoms with Crippen molar-refractivity contribution >= 4 is 35.1 Å². The summed E-state index contributed by atoms with van der Waals surface area (Å²) in [4.78, 5) is 51.7. The number of esters is 1. The molecule has 7 nitrogen and oxygen atoms in total. The SMILES string of the molecule is CCc1ccccc1NC(=O)COC(=O)c1ccc(N2C(=O)[C@@H]3[C@@H](C2=O)[C@H]2C=C[C@H]3C2)cc1. The van der Waals surface area contributed by atoms with Gasteiger partial charge in [0.15, 0.2) is 6.61 Å². The van der Waals surface area contributed by atoms with Crippen LogP contribution in [0.5, 0.6) is 0 Å². The van der Waals surface area contributed by atoms with Gasteiger partial charge in [0.1, 0.15) is 0 Å². The molecule has 1 saturated heterocycles. The predicted molar refractivity (Wildman–Crippen MR) is 121 cm³/mol. The average Bonchev–Trinajstić information content (AvgIpc) is 3.51. The fraction of sp³-hybridized carbons (Fsp3) is 0.308. The predicted octanol–water partition coefficient (Wildman–Crippen LogP) is 3.36. The van der Waals surface area contributed by atoms with Gasteiger partial charge in [-0.05, 0) is 60.6 Å². The minimum Gasteiger partial charge on any atom is -0.452 e. The zero-order valence-corrected chi connectivity index (χ0v) is 18.2. The van der Waals surface area contributed by atoms with Crippen LogP contribution in [0, 0.1) is 23.7 Å². The molecule has 2 aromatic carbocycles. The highest BCUT2D eigenvalue weighted by Gasteiger charge is 2.59. The van der Waals surface area contributed by atoms with Gasteiger partial charge < -0.3 is 10.1 Å². The third-order valence-corrected chi connectivity index (χ3v) is 6.84. The number of aryl methyl sites for hydroxylation is 1. The molecular weight excluding hydrogens is 420 g/mol. The van der Waals surface area contributed by atoms with Crippen LogP contribution in [0.2, 0.25) is 0 Å². The maximum Gasteiger partial charge on any atom is 0.338 e. The zero-order valence-electron chi connectivity index (χ0n) is 18.2. The van der Waals surface area contributed by atoms with E-state index in [4.69, 9.17) is 4.74 Å². The van der Waals surface area contributed by atoms with E-state index >= 15 is 0 Å². The third-order valence-electron chi connectivity index (χ3n) is 6.84. The molecule has 7 heteroatoms. The van der Waals surface area contributed by atoms with Gasteiger partial charge in [0.25, 0.3) is 5.91 Å². The molecule has 3 aliphatic rings. The molecule has 2 bridgehead atoms. The first-order valence-electron chi connectivity index (χ1n) is 11.2. The van der Waals surface area contributed by atoms with Crippen LogP contribution >= 0.6 is 0 Å². The van der Waals surface area contributed by atoms with E-state index in [9.17, 15) is 19.2 Å². The molecule has 5 rings (SSSR count). The molecule has 1 heterocycles. The Morgan fingerprint density at radius 2 is 1.61 bits per heavy atom. The van der Waals surface area contributed by atoms with E-state index in [0.717, 1.165) is 18.4 Å². The molecule has 1 N–H and O–H groups in total. The summed E-state index contributed by atoms with van der Waals surface area (Å²) in [7, 11) is 0. The molecule has 0 radical (unpaired) electrons. The summed E-state index contributed by atoms with van der Waals surface area (Å²) in [5.41, 5.74) is 2.37. The fourth-order valence-corrected chi connectivity index (χ4v) is 5.25. The lowest BCUT2D eigenvalue weighted by atomic mass is 9.85. The molecule has 0 aromatic heterocycles. The Morgan fingerprint density at radius 1 is 0.970 bits per heavy atom. The number of hydrogen-bond donors (Lipinski definition) is 1. The highest BCUT2D eigenvalue weighted by Crippen LogP contribution is 2.53. The van der Waals surface area contributed by atoms with Crippen LogP contribution < -0.4 is 10.2 Å². The Morgan fingerprint density at radius 3 is 2.24 bits per heavy atom. The molecule has 1 saturated carbocycles. The van der Waals surface area contributed by atoms with Crippen molar-refractivity contribution < 1.29 is 23.9 Å². The second-order valence-corrected chi connectivity index (χ2v) is 8.69. The van der Waals surface area contributed by atoms with Gasteiger partial charge in [0.05, 0.1) is 23.1 Å². The number of carbonyl (C=O) groups is 4. The van der Waals surface area contributed by atoms with E-state index in [1.54, 1.807) is 18.2 Å². The molecule has 2 aromatic rings. The summed E-state index contributed by atoms with van der Waals surface area (Å²) >= 11 is 0. The number of rotatable bonds is 6. The number of anilines is 2. The number of nitrogens with zero attached hydrogens (tertiary/aromatic N) is 1. The number of ether oxygens (including phenoxy) is 1. The molecule has 2 aliphatic carbocycles. The quantitative estimate of drug-likeness (QED) is 0.419. The van der Waals surface area contributed by atoms with E-state index < -0.39 is 18.5 Å². The number of nitrogens with one attached hydrogen (secondary N) is 1. The molecule has 0 spiro atoms. The van der Waals surface area contributed by atoms with E-state index in [1.165, 1.54) is 17.0 Å². The molecule has 1 aliphatic heterocycles. The molecule has 168 valence electrons. The normalized spacial score (nSPS) is 24.8. The van der Waals surface area contributed by atoms with Gasteiger partial charge in [-0.25, -0.2) is 4.79 Å². The van der Waals surface area contributed by atoms with Crippen LogP contribution in [-0.2, 0) is 25.5 Å². The van der Waals surface area contributed by atoms with Gasteiger partial charge in [-0.2, -0.15) is 0 Å². The number of benzene rings is 2. The Labute approximate surface area is 191 Å². The van der Waals surface area contributed by atoms with Crippen LogP contribution in [0.15, 0.2) is 60.7 Å². The van der Waals surface area contributed by atoms with E-state index in [-0.39, 0.29) is 41.0 Å². The topological polar surface area (TPSA) is 92.8 Å². The van der Waals surface area contributed by atoms with Crippen molar-refractivity contribution in [2.45, 2.75) is 19.8 Å². The second-order valence-electron chi connectivity index (χ2n) is 8.69. The smallest absolute Gasteiger partial charge is 0.338 e. The lowest BCUT2D eigenvalue weighted by Crippen LogP contribution is -2.32. The number of allylic oxidation sites excluding steroid dienone is 2. The lowest BCUT2D eigenvalue weighted by molar-refractivity contribution is -0.123. The maximum absolute atomic E-state index is 12.9. The number of hydrogen-bond acceptors (Lipinski definition) is 5. The van der Waals surface area contributed by atoms with Gasteiger partial charge in [0, 0.05) is 5.69 Å². The minimum absolute atomic E-state index is 0.145. The number of carbonyl (C=O) groups excluding carboxylic acids is 4. The molecule has 2 fully saturated rings. The van der Waals surface area contributed by atoms with Gasteiger partial charge in [-0.1, -0.05) is 37.3 Å². The summed E-state index contributed by atoms with van der Waals surface area (Å²) in [5.74, 6) is -1.66. The summed E-state index contributed by atoms with van der Waals surface area (Å²) in [6, 6.07) is 13.6. The first-order chi connectivity index (χ1) is 16.0. The van der Waals surface area contributed by atoms with E-state index in [2.05, 4.69) is 17.5 Å². The Kier molecular flexibility index (Phi) is 5.32. The van der Waals surface area contributed by atoms with E-state index in [0.29, 0.717) is 11.4 Å². The monoisotopic (exact) mass is 444 g/mol. The third kappa shape index (κ3) is 3.63. The summed E-state index contributed by atoms with van der Waals surface area (Å²) in [6.45, 7) is 1.58. The largest absolute Gasteiger partial charge is 0.452 e. The van der Waals surface area contributed by atoms with Crippen LogP contribution in [0.3, 0.4) is 0 Å². The van der Waals surface area contributed by atoms with Crippen molar-refractivity contribution in [2.24, 2.45) is 23.7 Å².